The van der Waals surface area contributed by atoms with Crippen molar-refractivity contribution in [2.75, 3.05) is 36.5 Å². The molecule has 0 atom stereocenters. The van der Waals surface area contributed by atoms with Crippen molar-refractivity contribution in [1.29, 1.82) is 0 Å². The molecule has 1 aliphatic rings. The van der Waals surface area contributed by atoms with Gasteiger partial charge in [-0.05, 0) is 49.2 Å². The van der Waals surface area contributed by atoms with Crippen molar-refractivity contribution >= 4 is 35.4 Å². The smallest absolute Gasteiger partial charge is 0.293 e. The average molecular weight is 407 g/mol. The molecule has 1 aliphatic heterocycles. The Hall–Kier alpha value is -2.84. The molecule has 0 aliphatic carbocycles. The summed E-state index contributed by atoms with van der Waals surface area (Å²) in [5, 5.41) is 14.2. The molecule has 2 aromatic rings. The van der Waals surface area contributed by atoms with Crippen LogP contribution in [-0.2, 0) is 0 Å². The van der Waals surface area contributed by atoms with E-state index in [1.54, 1.807) is 36.4 Å². The number of nitro benzene ring substituents is 1. The second-order valence-corrected chi connectivity index (χ2v) is 6.27. The van der Waals surface area contributed by atoms with Gasteiger partial charge in [-0.1, -0.05) is 0 Å². The molecular formula is C19H23ClN4O4. The maximum absolute atomic E-state index is 12.5. The minimum atomic E-state index is -0.436. The van der Waals surface area contributed by atoms with Gasteiger partial charge in [0.1, 0.15) is 18.0 Å². The number of hydrogen-bond acceptors (Lipinski definition) is 6. The first-order valence-electron chi connectivity index (χ1n) is 8.86. The summed E-state index contributed by atoms with van der Waals surface area (Å²) in [7, 11) is 0. The van der Waals surface area contributed by atoms with Gasteiger partial charge < -0.3 is 20.7 Å². The molecule has 0 spiro atoms. The number of nitrogens with one attached hydrogen (secondary N) is 1. The fourth-order valence-corrected chi connectivity index (χ4v) is 3.05. The average Bonchev–Trinajstić information content (AvgIpc) is 3.21. The van der Waals surface area contributed by atoms with Gasteiger partial charge in [-0.15, -0.1) is 12.4 Å². The van der Waals surface area contributed by atoms with Crippen molar-refractivity contribution in [3.8, 4) is 5.75 Å². The van der Waals surface area contributed by atoms with Crippen molar-refractivity contribution < 1.29 is 14.5 Å². The molecule has 1 amide bonds. The molecule has 28 heavy (non-hydrogen) atoms. The maximum Gasteiger partial charge on any atom is 0.293 e. The van der Waals surface area contributed by atoms with Crippen molar-refractivity contribution in [2.45, 2.75) is 12.8 Å². The van der Waals surface area contributed by atoms with E-state index in [1.807, 2.05) is 4.90 Å². The van der Waals surface area contributed by atoms with Gasteiger partial charge in [-0.25, -0.2) is 0 Å². The van der Waals surface area contributed by atoms with E-state index in [-0.39, 0.29) is 23.7 Å². The highest BCUT2D eigenvalue weighted by molar-refractivity contribution is 6.05. The second-order valence-electron chi connectivity index (χ2n) is 6.27. The van der Waals surface area contributed by atoms with Crippen LogP contribution in [0.3, 0.4) is 0 Å². The fourth-order valence-electron chi connectivity index (χ4n) is 3.05. The molecule has 3 rings (SSSR count). The number of rotatable bonds is 7. The molecule has 8 nitrogen and oxygen atoms in total. The van der Waals surface area contributed by atoms with E-state index in [4.69, 9.17) is 10.5 Å². The van der Waals surface area contributed by atoms with Crippen LogP contribution in [0.5, 0.6) is 5.75 Å². The Bertz CT molecular complexity index is 823. The Morgan fingerprint density at radius 1 is 1.18 bits per heavy atom. The standard InChI is InChI=1S/C19H22N4O4.ClH/c20-9-12-27-16-6-4-15(5-7-16)21-19(24)14-3-8-17(18(13-14)23(25)26)22-10-1-2-11-22;/h3-8,13H,1-2,9-12,20H2,(H,21,24);1H. The molecule has 0 unspecified atom stereocenters. The molecule has 0 bridgehead atoms. The highest BCUT2D eigenvalue weighted by Crippen LogP contribution is 2.32. The zero-order valence-corrected chi connectivity index (χ0v) is 16.1. The summed E-state index contributed by atoms with van der Waals surface area (Å²) in [6.45, 7) is 2.43. The van der Waals surface area contributed by atoms with Gasteiger partial charge >= 0.3 is 0 Å². The Kier molecular flexibility index (Phi) is 7.60. The first-order chi connectivity index (χ1) is 13.1. The summed E-state index contributed by atoms with van der Waals surface area (Å²) in [6.07, 6.45) is 2.04. The number of ether oxygens (including phenoxy) is 1. The summed E-state index contributed by atoms with van der Waals surface area (Å²) in [5.74, 6) is 0.255. The van der Waals surface area contributed by atoms with Crippen molar-refractivity contribution in [1.82, 2.24) is 0 Å². The van der Waals surface area contributed by atoms with E-state index < -0.39 is 10.8 Å². The monoisotopic (exact) mass is 406 g/mol. The molecule has 9 heteroatoms. The lowest BCUT2D eigenvalue weighted by atomic mass is 10.1. The van der Waals surface area contributed by atoms with Crippen LogP contribution in [0.25, 0.3) is 0 Å². The first kappa shape index (κ1) is 21.5. The van der Waals surface area contributed by atoms with Crippen LogP contribution < -0.4 is 20.7 Å². The Morgan fingerprint density at radius 2 is 1.86 bits per heavy atom. The van der Waals surface area contributed by atoms with Crippen molar-refractivity contribution in [3.63, 3.8) is 0 Å². The second kappa shape index (κ2) is 9.91. The Morgan fingerprint density at radius 3 is 2.46 bits per heavy atom. The highest BCUT2D eigenvalue weighted by Gasteiger charge is 2.23. The Balaban J connectivity index is 0.00000280. The van der Waals surface area contributed by atoms with Gasteiger partial charge in [0, 0.05) is 37.0 Å². The molecule has 1 saturated heterocycles. The minimum absolute atomic E-state index is 0. The lowest BCUT2D eigenvalue weighted by Crippen LogP contribution is -2.19. The molecule has 3 N–H and O–H groups in total. The predicted octanol–water partition coefficient (Wildman–Crippen LogP) is 3.21. The van der Waals surface area contributed by atoms with Crippen molar-refractivity contribution in [3.05, 3.63) is 58.1 Å². The molecule has 0 saturated carbocycles. The number of benzene rings is 2. The van der Waals surface area contributed by atoms with E-state index in [0.29, 0.717) is 30.3 Å². The summed E-state index contributed by atoms with van der Waals surface area (Å²) in [6, 6.07) is 11.5. The molecule has 1 fully saturated rings. The zero-order chi connectivity index (χ0) is 19.2. The van der Waals surface area contributed by atoms with Gasteiger partial charge in [0.15, 0.2) is 0 Å². The number of halogens is 1. The van der Waals surface area contributed by atoms with Gasteiger partial charge in [0.2, 0.25) is 0 Å². The number of carbonyl (C=O) groups excluding carboxylic acids is 1. The number of nitro groups is 1. The van der Waals surface area contributed by atoms with Crippen LogP contribution in [0.15, 0.2) is 42.5 Å². The molecule has 2 aromatic carbocycles. The third-order valence-corrected chi connectivity index (χ3v) is 4.38. The molecule has 0 radical (unpaired) electrons. The fraction of sp³-hybridized carbons (Fsp3) is 0.316. The number of amides is 1. The third-order valence-electron chi connectivity index (χ3n) is 4.38. The van der Waals surface area contributed by atoms with E-state index in [1.165, 1.54) is 6.07 Å². The summed E-state index contributed by atoms with van der Waals surface area (Å²) < 4.78 is 5.39. The van der Waals surface area contributed by atoms with Crippen LogP contribution in [-0.4, -0.2) is 37.1 Å². The summed E-state index contributed by atoms with van der Waals surface area (Å²) in [5.41, 5.74) is 6.73. The number of nitrogens with zero attached hydrogens (tertiary/aromatic N) is 2. The van der Waals surface area contributed by atoms with Gasteiger partial charge in [0.25, 0.3) is 11.6 Å². The van der Waals surface area contributed by atoms with E-state index in [2.05, 4.69) is 5.32 Å². The van der Waals surface area contributed by atoms with Crippen LogP contribution >= 0.6 is 12.4 Å². The van der Waals surface area contributed by atoms with Gasteiger partial charge in [-0.2, -0.15) is 0 Å². The maximum atomic E-state index is 12.5. The number of anilines is 2. The number of carbonyl (C=O) groups is 1. The third kappa shape index (κ3) is 5.11. The van der Waals surface area contributed by atoms with Crippen LogP contribution in [0.2, 0.25) is 0 Å². The minimum Gasteiger partial charge on any atom is -0.492 e. The summed E-state index contributed by atoms with van der Waals surface area (Å²) in [4.78, 5) is 25.5. The molecule has 150 valence electrons. The SMILES string of the molecule is Cl.NCCOc1ccc(NC(=O)c2ccc(N3CCCC3)c([N+](=O)[O-])c2)cc1. The van der Waals surface area contributed by atoms with Crippen molar-refractivity contribution in [2.24, 2.45) is 5.73 Å². The first-order valence-corrected chi connectivity index (χ1v) is 8.86. The number of hydrogen-bond donors (Lipinski definition) is 2. The van der Waals surface area contributed by atoms with Crippen LogP contribution in [0.4, 0.5) is 17.1 Å². The van der Waals surface area contributed by atoms with Crippen LogP contribution in [0.1, 0.15) is 23.2 Å². The Labute approximate surface area is 169 Å². The predicted molar refractivity (Wildman–Crippen MR) is 111 cm³/mol. The lowest BCUT2D eigenvalue weighted by molar-refractivity contribution is -0.384. The lowest BCUT2D eigenvalue weighted by Gasteiger charge is -2.17. The summed E-state index contributed by atoms with van der Waals surface area (Å²) >= 11 is 0. The quantitative estimate of drug-likeness (QED) is 0.539. The highest BCUT2D eigenvalue weighted by atomic mass is 35.5. The molecule has 0 aromatic heterocycles. The zero-order valence-electron chi connectivity index (χ0n) is 15.3. The molecule has 1 heterocycles. The molecular weight excluding hydrogens is 384 g/mol. The van der Waals surface area contributed by atoms with E-state index in [9.17, 15) is 14.9 Å². The van der Waals surface area contributed by atoms with E-state index >= 15 is 0 Å². The van der Waals surface area contributed by atoms with E-state index in [0.717, 1.165) is 25.9 Å². The normalized spacial score (nSPS) is 13.0. The number of nitrogens with two attached hydrogens (primary N) is 1. The topological polar surface area (TPSA) is 111 Å². The van der Waals surface area contributed by atoms with Gasteiger partial charge in [0.05, 0.1) is 4.92 Å². The van der Waals surface area contributed by atoms with Crippen LogP contribution in [0, 0.1) is 10.1 Å². The van der Waals surface area contributed by atoms with Gasteiger partial charge in [-0.3, -0.25) is 14.9 Å². The largest absolute Gasteiger partial charge is 0.492 e.